The van der Waals surface area contributed by atoms with Crippen LogP contribution in [0.5, 0.6) is 5.75 Å². The van der Waals surface area contributed by atoms with E-state index in [1.807, 2.05) is 19.1 Å². The zero-order valence-corrected chi connectivity index (χ0v) is 11.1. The highest BCUT2D eigenvalue weighted by Crippen LogP contribution is 2.28. The lowest BCUT2D eigenvalue weighted by molar-refractivity contribution is -0.140. The molecule has 1 aromatic rings. The predicted octanol–water partition coefficient (Wildman–Crippen LogP) is 3.15. The second-order valence-electron chi connectivity index (χ2n) is 3.84. The normalized spacial score (nSPS) is 10.1. The van der Waals surface area contributed by atoms with Gasteiger partial charge >= 0.3 is 5.97 Å². The second-order valence-corrected chi connectivity index (χ2v) is 4.28. The van der Waals surface area contributed by atoms with Gasteiger partial charge in [0.15, 0.2) is 0 Å². The molecule has 0 amide bonds. The SMILES string of the molecule is COC(=O)CCCc1cc(Cl)cc(C)c1OC. The molecule has 0 aromatic heterocycles. The summed E-state index contributed by atoms with van der Waals surface area (Å²) in [7, 11) is 3.03. The number of rotatable bonds is 5. The summed E-state index contributed by atoms with van der Waals surface area (Å²) in [5.41, 5.74) is 2.04. The topological polar surface area (TPSA) is 35.5 Å². The van der Waals surface area contributed by atoms with Crippen molar-refractivity contribution in [2.24, 2.45) is 0 Å². The minimum Gasteiger partial charge on any atom is -0.496 e. The lowest BCUT2D eigenvalue weighted by Gasteiger charge is -2.11. The molecule has 0 unspecified atom stereocenters. The van der Waals surface area contributed by atoms with Crippen molar-refractivity contribution in [3.63, 3.8) is 0 Å². The number of hydrogen-bond donors (Lipinski definition) is 0. The summed E-state index contributed by atoms with van der Waals surface area (Å²) in [5, 5.41) is 0.691. The molecule has 17 heavy (non-hydrogen) atoms. The van der Waals surface area contributed by atoms with E-state index in [2.05, 4.69) is 4.74 Å². The number of carbonyl (C=O) groups is 1. The van der Waals surface area contributed by atoms with Gasteiger partial charge in [0.1, 0.15) is 5.75 Å². The average Bonchev–Trinajstić information content (AvgIpc) is 2.28. The van der Waals surface area contributed by atoms with Crippen molar-refractivity contribution in [1.29, 1.82) is 0 Å². The average molecular weight is 257 g/mol. The number of esters is 1. The minimum absolute atomic E-state index is 0.192. The maximum Gasteiger partial charge on any atom is 0.305 e. The van der Waals surface area contributed by atoms with Crippen LogP contribution in [0.4, 0.5) is 0 Å². The third-order valence-corrected chi connectivity index (χ3v) is 2.79. The maximum atomic E-state index is 11.0. The van der Waals surface area contributed by atoms with Crippen LogP contribution in [-0.2, 0) is 16.0 Å². The zero-order chi connectivity index (χ0) is 12.8. The summed E-state index contributed by atoms with van der Waals surface area (Å²) in [5.74, 6) is 0.655. The molecule has 3 nitrogen and oxygen atoms in total. The Hall–Kier alpha value is -1.22. The molecular weight excluding hydrogens is 240 g/mol. The Morgan fingerprint density at radius 2 is 2.06 bits per heavy atom. The molecule has 0 fully saturated rings. The Morgan fingerprint density at radius 1 is 1.35 bits per heavy atom. The van der Waals surface area contributed by atoms with Crippen LogP contribution < -0.4 is 4.74 Å². The summed E-state index contributed by atoms with van der Waals surface area (Å²) >= 11 is 6.00. The summed E-state index contributed by atoms with van der Waals surface area (Å²) in [6.45, 7) is 1.95. The van der Waals surface area contributed by atoms with Gasteiger partial charge in [-0.3, -0.25) is 4.79 Å². The summed E-state index contributed by atoms with van der Waals surface area (Å²) in [6, 6.07) is 3.74. The fraction of sp³-hybridized carbons (Fsp3) is 0.462. The number of ether oxygens (including phenoxy) is 2. The number of halogens is 1. The van der Waals surface area contributed by atoms with E-state index in [1.165, 1.54) is 7.11 Å². The number of hydrogen-bond acceptors (Lipinski definition) is 3. The first-order valence-corrected chi connectivity index (χ1v) is 5.86. The monoisotopic (exact) mass is 256 g/mol. The predicted molar refractivity (Wildman–Crippen MR) is 67.7 cm³/mol. The van der Waals surface area contributed by atoms with Crippen molar-refractivity contribution in [3.8, 4) is 5.75 Å². The van der Waals surface area contributed by atoms with Crippen LogP contribution >= 0.6 is 11.6 Å². The molecule has 0 bridgehead atoms. The van der Waals surface area contributed by atoms with E-state index >= 15 is 0 Å². The molecule has 0 saturated heterocycles. The molecule has 0 heterocycles. The van der Waals surface area contributed by atoms with Gasteiger partial charge in [0.2, 0.25) is 0 Å². The van der Waals surface area contributed by atoms with Crippen LogP contribution in [0.3, 0.4) is 0 Å². The first kappa shape index (κ1) is 13.8. The third kappa shape index (κ3) is 3.93. The van der Waals surface area contributed by atoms with Crippen molar-refractivity contribution in [1.82, 2.24) is 0 Å². The Balaban J connectivity index is 2.72. The van der Waals surface area contributed by atoms with Crippen molar-refractivity contribution in [2.45, 2.75) is 26.2 Å². The van der Waals surface area contributed by atoms with Crippen LogP contribution in [0.15, 0.2) is 12.1 Å². The van der Waals surface area contributed by atoms with E-state index in [0.29, 0.717) is 11.4 Å². The van der Waals surface area contributed by atoms with Crippen molar-refractivity contribution < 1.29 is 14.3 Å². The second kappa shape index (κ2) is 6.50. The summed E-state index contributed by atoms with van der Waals surface area (Å²) < 4.78 is 9.94. The highest BCUT2D eigenvalue weighted by atomic mass is 35.5. The van der Waals surface area contributed by atoms with Gasteiger partial charge in [-0.15, -0.1) is 0 Å². The van der Waals surface area contributed by atoms with Gasteiger partial charge in [-0.1, -0.05) is 11.6 Å². The van der Waals surface area contributed by atoms with Gasteiger partial charge in [0.05, 0.1) is 14.2 Å². The standard InChI is InChI=1S/C13H17ClO3/c1-9-7-11(14)8-10(13(9)17-3)5-4-6-12(15)16-2/h7-8H,4-6H2,1-3H3. The molecule has 4 heteroatoms. The van der Waals surface area contributed by atoms with Crippen molar-refractivity contribution in [3.05, 3.63) is 28.3 Å². The molecule has 0 atom stereocenters. The fourth-order valence-electron chi connectivity index (χ4n) is 1.80. The van der Waals surface area contributed by atoms with Crippen LogP contribution in [0.1, 0.15) is 24.0 Å². The largest absolute Gasteiger partial charge is 0.496 e. The Morgan fingerprint density at radius 3 is 2.65 bits per heavy atom. The molecule has 0 radical (unpaired) electrons. The molecule has 0 spiro atoms. The van der Waals surface area contributed by atoms with E-state index in [1.54, 1.807) is 7.11 Å². The van der Waals surface area contributed by atoms with E-state index in [4.69, 9.17) is 16.3 Å². The first-order chi connectivity index (χ1) is 8.08. The van der Waals surface area contributed by atoms with Crippen molar-refractivity contribution >= 4 is 17.6 Å². The lowest BCUT2D eigenvalue weighted by Crippen LogP contribution is -2.02. The van der Waals surface area contributed by atoms with Crippen LogP contribution in [0.2, 0.25) is 5.02 Å². The Bertz CT molecular complexity index is 402. The Kier molecular flexibility index (Phi) is 5.29. The molecular formula is C13H17ClO3. The number of aryl methyl sites for hydroxylation is 2. The molecule has 0 N–H and O–H groups in total. The number of methoxy groups -OCH3 is 2. The fourth-order valence-corrected chi connectivity index (χ4v) is 2.10. The minimum atomic E-state index is -0.192. The van der Waals surface area contributed by atoms with Crippen LogP contribution in [0.25, 0.3) is 0 Å². The lowest BCUT2D eigenvalue weighted by atomic mass is 10.0. The number of carbonyl (C=O) groups excluding carboxylic acids is 1. The summed E-state index contributed by atoms with van der Waals surface area (Å²) in [4.78, 5) is 11.0. The molecule has 0 aliphatic heterocycles. The van der Waals surface area contributed by atoms with E-state index in [0.717, 1.165) is 29.7 Å². The molecule has 1 rings (SSSR count). The zero-order valence-electron chi connectivity index (χ0n) is 10.4. The molecule has 0 aliphatic carbocycles. The first-order valence-electron chi connectivity index (χ1n) is 5.48. The molecule has 94 valence electrons. The molecule has 0 saturated carbocycles. The Labute approximate surface area is 107 Å². The van der Waals surface area contributed by atoms with Crippen LogP contribution in [-0.4, -0.2) is 20.2 Å². The highest BCUT2D eigenvalue weighted by Gasteiger charge is 2.09. The van der Waals surface area contributed by atoms with Gasteiger partial charge in [-0.25, -0.2) is 0 Å². The van der Waals surface area contributed by atoms with Gasteiger partial charge in [0, 0.05) is 11.4 Å². The smallest absolute Gasteiger partial charge is 0.305 e. The van der Waals surface area contributed by atoms with E-state index < -0.39 is 0 Å². The van der Waals surface area contributed by atoms with Gasteiger partial charge in [-0.2, -0.15) is 0 Å². The van der Waals surface area contributed by atoms with Crippen molar-refractivity contribution in [2.75, 3.05) is 14.2 Å². The van der Waals surface area contributed by atoms with Crippen LogP contribution in [0, 0.1) is 6.92 Å². The van der Waals surface area contributed by atoms with Gasteiger partial charge in [0.25, 0.3) is 0 Å². The molecule has 1 aromatic carbocycles. The third-order valence-electron chi connectivity index (χ3n) is 2.58. The van der Waals surface area contributed by atoms with E-state index in [-0.39, 0.29) is 5.97 Å². The molecule has 0 aliphatic rings. The quantitative estimate of drug-likeness (QED) is 0.759. The summed E-state index contributed by atoms with van der Waals surface area (Å²) in [6.07, 6.45) is 1.88. The highest BCUT2D eigenvalue weighted by molar-refractivity contribution is 6.30. The van der Waals surface area contributed by atoms with Gasteiger partial charge in [-0.05, 0) is 43.0 Å². The van der Waals surface area contributed by atoms with E-state index in [9.17, 15) is 4.79 Å². The van der Waals surface area contributed by atoms with Gasteiger partial charge < -0.3 is 9.47 Å². The maximum absolute atomic E-state index is 11.0. The number of benzene rings is 1.